The largest absolute Gasteiger partial charge is 0.464 e. The predicted octanol–water partition coefficient (Wildman–Crippen LogP) is 3.34. The van der Waals surface area contributed by atoms with Gasteiger partial charge in [-0.2, -0.15) is 0 Å². The molecule has 1 aromatic rings. The summed E-state index contributed by atoms with van der Waals surface area (Å²) in [7, 11) is 0. The van der Waals surface area contributed by atoms with Crippen LogP contribution in [-0.4, -0.2) is 18.6 Å². The number of halogens is 2. The smallest absolute Gasteiger partial charge is 0.328 e. The monoisotopic (exact) mass is 303 g/mol. The molecule has 0 aromatic heterocycles. The molecule has 0 saturated heterocycles. The highest BCUT2D eigenvalue weighted by molar-refractivity contribution is 9.10. The van der Waals surface area contributed by atoms with Crippen molar-refractivity contribution in [2.24, 2.45) is 0 Å². The van der Waals surface area contributed by atoms with Crippen molar-refractivity contribution in [1.29, 1.82) is 0 Å². The molecule has 0 heterocycles. The number of ether oxygens (including phenoxy) is 1. The molecule has 1 rings (SSSR count). The van der Waals surface area contributed by atoms with Crippen LogP contribution in [-0.2, 0) is 9.53 Å². The Kier molecular flexibility index (Phi) is 5.41. The molecular weight excluding hydrogens is 289 g/mol. The Balaban J connectivity index is 2.73. The summed E-state index contributed by atoms with van der Waals surface area (Å²) in [4.78, 5) is 11.6. The second kappa shape index (κ2) is 6.59. The summed E-state index contributed by atoms with van der Waals surface area (Å²) in [5.41, 5.74) is 0.679. The fraction of sp³-hybridized carbons (Fsp3) is 0.417. The van der Waals surface area contributed by atoms with Gasteiger partial charge in [0.15, 0.2) is 0 Å². The van der Waals surface area contributed by atoms with Crippen molar-refractivity contribution in [1.82, 2.24) is 0 Å². The molecule has 0 saturated carbocycles. The standard InChI is InChI=1S/C12H15BrFNO2/c1-3-11(12(16)17-4-2)15-8-5-6-10(14)9(13)7-8/h5-7,11,15H,3-4H2,1-2H3. The molecule has 0 aliphatic carbocycles. The number of carbonyl (C=O) groups excluding carboxylic acids is 1. The molecule has 0 spiro atoms. The molecule has 0 bridgehead atoms. The van der Waals surface area contributed by atoms with Gasteiger partial charge in [0.2, 0.25) is 0 Å². The number of rotatable bonds is 5. The van der Waals surface area contributed by atoms with Gasteiger partial charge >= 0.3 is 5.97 Å². The molecule has 0 amide bonds. The lowest BCUT2D eigenvalue weighted by Gasteiger charge is -2.16. The van der Waals surface area contributed by atoms with E-state index in [1.165, 1.54) is 6.07 Å². The maximum absolute atomic E-state index is 13.0. The third kappa shape index (κ3) is 4.00. The number of hydrogen-bond donors (Lipinski definition) is 1. The molecule has 5 heteroatoms. The Labute approximate surface area is 108 Å². The van der Waals surface area contributed by atoms with Gasteiger partial charge in [-0.05, 0) is 47.5 Å². The molecule has 0 fully saturated rings. The molecule has 0 aliphatic heterocycles. The van der Waals surface area contributed by atoms with Crippen LogP contribution in [0.5, 0.6) is 0 Å². The summed E-state index contributed by atoms with van der Waals surface area (Å²) in [6.45, 7) is 4.00. The van der Waals surface area contributed by atoms with Gasteiger partial charge < -0.3 is 10.1 Å². The van der Waals surface area contributed by atoms with E-state index in [2.05, 4.69) is 21.2 Å². The highest BCUT2D eigenvalue weighted by Crippen LogP contribution is 2.21. The lowest BCUT2D eigenvalue weighted by molar-refractivity contribution is -0.144. The van der Waals surface area contributed by atoms with Gasteiger partial charge in [-0.1, -0.05) is 6.92 Å². The van der Waals surface area contributed by atoms with Crippen molar-refractivity contribution in [2.75, 3.05) is 11.9 Å². The Hall–Kier alpha value is -1.10. The Morgan fingerprint density at radius 1 is 1.53 bits per heavy atom. The summed E-state index contributed by atoms with van der Waals surface area (Å²) in [5.74, 6) is -0.629. The molecule has 1 atom stereocenters. The van der Waals surface area contributed by atoms with Crippen molar-refractivity contribution in [3.8, 4) is 0 Å². The van der Waals surface area contributed by atoms with E-state index >= 15 is 0 Å². The van der Waals surface area contributed by atoms with Crippen molar-refractivity contribution in [3.63, 3.8) is 0 Å². The van der Waals surface area contributed by atoms with Crippen molar-refractivity contribution in [3.05, 3.63) is 28.5 Å². The molecule has 0 radical (unpaired) electrons. The first-order valence-electron chi connectivity index (χ1n) is 5.46. The zero-order valence-electron chi connectivity index (χ0n) is 9.80. The lowest BCUT2D eigenvalue weighted by Crippen LogP contribution is -2.30. The van der Waals surface area contributed by atoms with Crippen LogP contribution in [0.3, 0.4) is 0 Å². The number of hydrogen-bond acceptors (Lipinski definition) is 3. The maximum atomic E-state index is 13.0. The summed E-state index contributed by atoms with van der Waals surface area (Å²) >= 11 is 3.09. The molecule has 1 aromatic carbocycles. The SMILES string of the molecule is CCOC(=O)C(CC)Nc1ccc(F)c(Br)c1. The van der Waals surface area contributed by atoms with E-state index in [0.29, 0.717) is 23.2 Å². The van der Waals surface area contributed by atoms with Gasteiger partial charge in [0.25, 0.3) is 0 Å². The number of anilines is 1. The fourth-order valence-corrected chi connectivity index (χ4v) is 1.74. The van der Waals surface area contributed by atoms with Gasteiger partial charge in [-0.25, -0.2) is 9.18 Å². The summed E-state index contributed by atoms with van der Waals surface area (Å²) < 4.78 is 18.3. The normalized spacial score (nSPS) is 12.0. The van der Waals surface area contributed by atoms with Gasteiger partial charge in [-0.3, -0.25) is 0 Å². The van der Waals surface area contributed by atoms with E-state index < -0.39 is 6.04 Å². The third-order valence-electron chi connectivity index (χ3n) is 2.24. The summed E-state index contributed by atoms with van der Waals surface area (Å²) in [6.07, 6.45) is 0.605. The first-order chi connectivity index (χ1) is 8.08. The minimum absolute atomic E-state index is 0.296. The van der Waals surface area contributed by atoms with Crippen LogP contribution in [0.2, 0.25) is 0 Å². The Bertz CT molecular complexity index is 398. The molecule has 17 heavy (non-hydrogen) atoms. The Morgan fingerprint density at radius 3 is 2.76 bits per heavy atom. The minimum atomic E-state index is -0.410. The number of carbonyl (C=O) groups is 1. The highest BCUT2D eigenvalue weighted by Gasteiger charge is 2.17. The van der Waals surface area contributed by atoms with Crippen LogP contribution in [0.15, 0.2) is 22.7 Å². The van der Waals surface area contributed by atoms with E-state index in [0.717, 1.165) is 0 Å². The Morgan fingerprint density at radius 2 is 2.24 bits per heavy atom. The van der Waals surface area contributed by atoms with Crippen molar-refractivity contribution >= 4 is 27.6 Å². The zero-order valence-corrected chi connectivity index (χ0v) is 11.4. The van der Waals surface area contributed by atoms with E-state index in [1.807, 2.05) is 6.92 Å². The van der Waals surface area contributed by atoms with Crippen molar-refractivity contribution in [2.45, 2.75) is 26.3 Å². The molecule has 3 nitrogen and oxygen atoms in total. The van der Waals surface area contributed by atoms with Crippen LogP contribution in [0.25, 0.3) is 0 Å². The first-order valence-corrected chi connectivity index (χ1v) is 6.26. The second-order valence-electron chi connectivity index (χ2n) is 3.49. The van der Waals surface area contributed by atoms with Crippen LogP contribution in [0, 0.1) is 5.82 Å². The number of nitrogens with one attached hydrogen (secondary N) is 1. The number of benzene rings is 1. The topological polar surface area (TPSA) is 38.3 Å². The van der Waals surface area contributed by atoms with Crippen LogP contribution < -0.4 is 5.32 Å². The molecule has 1 unspecified atom stereocenters. The first kappa shape index (κ1) is 14.0. The lowest BCUT2D eigenvalue weighted by atomic mass is 10.2. The second-order valence-corrected chi connectivity index (χ2v) is 4.34. The van der Waals surface area contributed by atoms with Crippen molar-refractivity contribution < 1.29 is 13.9 Å². The van der Waals surface area contributed by atoms with E-state index in [-0.39, 0.29) is 11.8 Å². The maximum Gasteiger partial charge on any atom is 0.328 e. The fourth-order valence-electron chi connectivity index (χ4n) is 1.36. The average molecular weight is 304 g/mol. The average Bonchev–Trinajstić information content (AvgIpc) is 2.30. The predicted molar refractivity (Wildman–Crippen MR) is 68.4 cm³/mol. The minimum Gasteiger partial charge on any atom is -0.464 e. The quantitative estimate of drug-likeness (QED) is 0.848. The molecular formula is C12H15BrFNO2. The van der Waals surface area contributed by atoms with Gasteiger partial charge in [-0.15, -0.1) is 0 Å². The van der Waals surface area contributed by atoms with Gasteiger partial charge in [0, 0.05) is 5.69 Å². The molecule has 0 aliphatic rings. The third-order valence-corrected chi connectivity index (χ3v) is 2.85. The van der Waals surface area contributed by atoms with Crippen LogP contribution in [0.4, 0.5) is 10.1 Å². The van der Waals surface area contributed by atoms with Gasteiger partial charge in [0.1, 0.15) is 11.9 Å². The van der Waals surface area contributed by atoms with Gasteiger partial charge in [0.05, 0.1) is 11.1 Å². The number of esters is 1. The van der Waals surface area contributed by atoms with Crippen LogP contribution >= 0.6 is 15.9 Å². The molecule has 94 valence electrons. The van der Waals surface area contributed by atoms with E-state index in [4.69, 9.17) is 4.74 Å². The molecule has 1 N–H and O–H groups in total. The summed E-state index contributed by atoms with van der Waals surface area (Å²) in [5, 5.41) is 3.01. The summed E-state index contributed by atoms with van der Waals surface area (Å²) in [6, 6.07) is 4.11. The van der Waals surface area contributed by atoms with E-state index in [1.54, 1.807) is 19.1 Å². The van der Waals surface area contributed by atoms with Crippen LogP contribution in [0.1, 0.15) is 20.3 Å². The van der Waals surface area contributed by atoms with E-state index in [9.17, 15) is 9.18 Å². The zero-order chi connectivity index (χ0) is 12.8. The highest BCUT2D eigenvalue weighted by atomic mass is 79.9.